The summed E-state index contributed by atoms with van der Waals surface area (Å²) in [6.45, 7) is 0.281. The zero-order valence-corrected chi connectivity index (χ0v) is 34.6. The molecule has 2 saturated heterocycles. The second-order valence-corrected chi connectivity index (χ2v) is 17.1. The average Bonchev–Trinajstić information content (AvgIpc) is 4.09. The molecule has 2 aromatic heterocycles. The van der Waals surface area contributed by atoms with Gasteiger partial charge in [0, 0.05) is 28.7 Å². The lowest BCUT2D eigenvalue weighted by atomic mass is 9.57. The number of para-hydroxylation sites is 4. The van der Waals surface area contributed by atoms with Crippen LogP contribution in [0.25, 0.3) is 45.1 Å². The molecule has 12 rings (SSSR count). The number of ether oxygens (including phenoxy) is 1. The largest absolute Gasteiger partial charge is 0.508 e. The van der Waals surface area contributed by atoms with Crippen molar-refractivity contribution in [1.82, 2.24) is 9.97 Å². The minimum atomic E-state index is -0.886. The van der Waals surface area contributed by atoms with Gasteiger partial charge in [0.05, 0.1) is 35.0 Å². The van der Waals surface area contributed by atoms with Crippen LogP contribution in [-0.2, 0) is 25.8 Å². The van der Waals surface area contributed by atoms with Gasteiger partial charge < -0.3 is 18.7 Å². The second-order valence-electron chi connectivity index (χ2n) is 17.1. The Balaban J connectivity index is 0.881. The predicted molar refractivity (Wildman–Crippen MR) is 240 cm³/mol. The summed E-state index contributed by atoms with van der Waals surface area (Å²) in [5.41, 5.74) is 7.07. The molecule has 0 radical (unpaired) electrons. The third-order valence-electron chi connectivity index (χ3n) is 13.6. The number of amides is 4. The highest BCUT2D eigenvalue weighted by molar-refractivity contribution is 6.24. The number of nitrogens with zero attached hydrogens (tertiary/aromatic N) is 4. The SMILES string of the molecule is O=C1C2CC=C3C(CC4C(=O)N(c5ccc(-c6nc7ccccc7o6)cc5)C(=O)C4C3c3ccc(OCc4ccccc4)cc3O)C2C(=O)N1c1ccc(-c2nc3ccccc3o2)cc1. The van der Waals surface area contributed by atoms with Gasteiger partial charge in [0.15, 0.2) is 11.2 Å². The minimum Gasteiger partial charge on any atom is -0.508 e. The van der Waals surface area contributed by atoms with Crippen LogP contribution in [0, 0.1) is 29.6 Å². The normalized spacial score (nSPS) is 22.6. The lowest BCUT2D eigenvalue weighted by molar-refractivity contribution is -0.126. The van der Waals surface area contributed by atoms with E-state index in [0.29, 0.717) is 62.3 Å². The van der Waals surface area contributed by atoms with E-state index in [1.807, 2.05) is 84.9 Å². The molecule has 6 aromatic carbocycles. The van der Waals surface area contributed by atoms with Crippen LogP contribution in [-0.4, -0.2) is 38.7 Å². The Hall–Kier alpha value is -8.12. The van der Waals surface area contributed by atoms with Crippen LogP contribution in [0.15, 0.2) is 166 Å². The number of rotatable bonds is 8. The number of oxazole rings is 2. The summed E-state index contributed by atoms with van der Waals surface area (Å²) in [4.78, 5) is 70.4. The lowest BCUT2D eigenvalue weighted by Crippen LogP contribution is -2.43. The van der Waals surface area contributed by atoms with Gasteiger partial charge in [-0.05, 0) is 103 Å². The molecule has 65 heavy (non-hydrogen) atoms. The monoisotopic (exact) mass is 858 g/mol. The van der Waals surface area contributed by atoms with Gasteiger partial charge in [-0.15, -0.1) is 0 Å². The van der Waals surface area contributed by atoms with Crippen molar-refractivity contribution in [2.45, 2.75) is 25.4 Å². The van der Waals surface area contributed by atoms with Gasteiger partial charge in [0.1, 0.15) is 29.1 Å². The number of imide groups is 2. The van der Waals surface area contributed by atoms with Crippen LogP contribution >= 0.6 is 0 Å². The Kier molecular flexibility index (Phi) is 8.90. The van der Waals surface area contributed by atoms with Crippen LogP contribution in [0.3, 0.4) is 0 Å². The summed E-state index contributed by atoms with van der Waals surface area (Å²) in [6.07, 6.45) is 2.40. The number of carbonyl (C=O) groups is 4. The van der Waals surface area contributed by atoms with E-state index in [4.69, 9.17) is 13.6 Å². The highest BCUT2D eigenvalue weighted by Gasteiger charge is 2.62. The van der Waals surface area contributed by atoms with Gasteiger partial charge in [-0.25, -0.2) is 9.97 Å². The van der Waals surface area contributed by atoms with Crippen molar-refractivity contribution < 1.29 is 37.9 Å². The van der Waals surface area contributed by atoms with Gasteiger partial charge in [-0.1, -0.05) is 72.3 Å². The summed E-state index contributed by atoms with van der Waals surface area (Å²) >= 11 is 0. The lowest BCUT2D eigenvalue weighted by Gasteiger charge is -2.44. The molecule has 0 bridgehead atoms. The maximum absolute atomic E-state index is 14.9. The van der Waals surface area contributed by atoms with Crippen molar-refractivity contribution >= 4 is 57.2 Å². The quantitative estimate of drug-likeness (QED) is 0.115. The molecule has 6 atom stereocenters. The molecular formula is C53H38N4O8. The van der Waals surface area contributed by atoms with E-state index in [1.54, 1.807) is 60.7 Å². The van der Waals surface area contributed by atoms with Gasteiger partial charge in [-0.3, -0.25) is 29.0 Å². The van der Waals surface area contributed by atoms with Crippen LogP contribution < -0.4 is 14.5 Å². The molecule has 6 unspecified atom stereocenters. The van der Waals surface area contributed by atoms with E-state index in [9.17, 15) is 24.3 Å². The Morgan fingerprint density at radius 2 is 1.14 bits per heavy atom. The summed E-state index contributed by atoms with van der Waals surface area (Å²) < 4.78 is 18.0. The Morgan fingerprint density at radius 3 is 1.72 bits per heavy atom. The molecule has 4 heterocycles. The fourth-order valence-corrected chi connectivity index (χ4v) is 10.6. The third kappa shape index (κ3) is 6.27. The molecular weight excluding hydrogens is 821 g/mol. The molecule has 2 aliphatic carbocycles. The number of hydrogen-bond acceptors (Lipinski definition) is 10. The van der Waals surface area contributed by atoms with Crippen molar-refractivity contribution in [3.63, 3.8) is 0 Å². The first-order chi connectivity index (χ1) is 31.8. The zero-order chi connectivity index (χ0) is 43.9. The van der Waals surface area contributed by atoms with Crippen LogP contribution in [0.2, 0.25) is 0 Å². The van der Waals surface area contributed by atoms with Gasteiger partial charge in [0.25, 0.3) is 0 Å². The molecule has 4 aliphatic rings. The second kappa shape index (κ2) is 15.0. The first-order valence-corrected chi connectivity index (χ1v) is 21.7. The van der Waals surface area contributed by atoms with Gasteiger partial charge in [-0.2, -0.15) is 0 Å². The number of anilines is 2. The van der Waals surface area contributed by atoms with Crippen molar-refractivity contribution in [3.8, 4) is 34.4 Å². The summed E-state index contributed by atoms with van der Waals surface area (Å²) in [5, 5.41) is 11.8. The number of allylic oxidation sites excluding steroid dienone is 2. The topological polar surface area (TPSA) is 156 Å². The van der Waals surface area contributed by atoms with Crippen molar-refractivity contribution in [2.75, 3.05) is 9.80 Å². The number of fused-ring (bicyclic) bond motifs is 6. The molecule has 318 valence electrons. The highest BCUT2D eigenvalue weighted by atomic mass is 16.5. The minimum absolute atomic E-state index is 0.0983. The van der Waals surface area contributed by atoms with E-state index in [2.05, 4.69) is 9.97 Å². The van der Waals surface area contributed by atoms with E-state index < -0.39 is 47.3 Å². The van der Waals surface area contributed by atoms with Gasteiger partial charge in [0.2, 0.25) is 35.4 Å². The molecule has 12 heteroatoms. The summed E-state index contributed by atoms with van der Waals surface area (Å²) in [5.74, 6) is -4.83. The first-order valence-electron chi connectivity index (χ1n) is 21.7. The molecule has 8 aromatic rings. The first kappa shape index (κ1) is 38.5. The molecule has 12 nitrogen and oxygen atoms in total. The Morgan fingerprint density at radius 1 is 0.585 bits per heavy atom. The number of carbonyl (C=O) groups excluding carboxylic acids is 4. The van der Waals surface area contributed by atoms with Crippen molar-refractivity contribution in [1.29, 1.82) is 0 Å². The van der Waals surface area contributed by atoms with Crippen LogP contribution in [0.1, 0.15) is 29.9 Å². The maximum atomic E-state index is 14.9. The van der Waals surface area contributed by atoms with E-state index >= 15 is 0 Å². The number of phenols is 1. The Bertz CT molecular complexity index is 3200. The fourth-order valence-electron chi connectivity index (χ4n) is 10.6. The predicted octanol–water partition coefficient (Wildman–Crippen LogP) is 9.63. The average molecular weight is 859 g/mol. The van der Waals surface area contributed by atoms with E-state index in [1.165, 1.54) is 15.9 Å². The highest BCUT2D eigenvalue weighted by Crippen LogP contribution is 2.59. The standard InChI is InChI=1S/C53H38N4O8/c58-42-26-34(63-28-29-8-2-1-3-9-29)22-23-36(42)45-35-24-25-37-46(52(61)56(50(37)59)32-18-14-30(15-19-32)48-54-40-10-4-6-12-43(40)64-48)38(35)27-39-47(45)53(62)57(51(39)60)33-20-16-31(17-21-33)49-55-41-11-5-7-13-44(41)65-49/h1-24,26,37-39,45-47,58H,25,27-28H2. The maximum Gasteiger partial charge on any atom is 0.238 e. The van der Waals surface area contributed by atoms with E-state index in [0.717, 1.165) is 16.7 Å². The summed E-state index contributed by atoms with van der Waals surface area (Å²) in [7, 11) is 0. The number of hydrogen-bond donors (Lipinski definition) is 1. The number of phenolic OH excluding ortho intramolecular Hbond substituents is 1. The molecule has 1 saturated carbocycles. The smallest absolute Gasteiger partial charge is 0.238 e. The van der Waals surface area contributed by atoms with E-state index in [-0.39, 0.29) is 37.0 Å². The Labute approximate surface area is 371 Å². The number of aromatic hydroxyl groups is 1. The number of benzene rings is 6. The summed E-state index contributed by atoms with van der Waals surface area (Å²) in [6, 6.07) is 43.6. The van der Waals surface area contributed by atoms with Crippen LogP contribution in [0.5, 0.6) is 11.5 Å². The van der Waals surface area contributed by atoms with Crippen LogP contribution in [0.4, 0.5) is 11.4 Å². The molecule has 4 amide bonds. The molecule has 2 aliphatic heterocycles. The molecule has 3 fully saturated rings. The molecule has 0 spiro atoms. The third-order valence-corrected chi connectivity index (χ3v) is 13.6. The zero-order valence-electron chi connectivity index (χ0n) is 34.6. The number of aromatic nitrogens is 2. The van der Waals surface area contributed by atoms with Gasteiger partial charge >= 0.3 is 0 Å². The fraction of sp³-hybridized carbons (Fsp3) is 0.170. The van der Waals surface area contributed by atoms with Crippen molar-refractivity contribution in [3.05, 3.63) is 168 Å². The van der Waals surface area contributed by atoms with Crippen molar-refractivity contribution in [2.24, 2.45) is 29.6 Å². The molecule has 1 N–H and O–H groups in total.